The molecule has 1 unspecified atom stereocenters. The molecule has 2 rings (SSSR count). The molecule has 5 nitrogen and oxygen atoms in total. The van der Waals surface area contributed by atoms with Gasteiger partial charge in [0.2, 0.25) is 5.91 Å². The summed E-state index contributed by atoms with van der Waals surface area (Å²) in [5.74, 6) is 0.195. The molecule has 0 radical (unpaired) electrons. The summed E-state index contributed by atoms with van der Waals surface area (Å²) in [6.45, 7) is 7.65. The molecule has 0 bridgehead atoms. The Morgan fingerprint density at radius 1 is 1.30 bits per heavy atom. The van der Waals surface area contributed by atoms with Crippen LogP contribution in [-0.2, 0) is 9.53 Å². The molecule has 6 heteroatoms. The Balaban J connectivity index is 1.83. The van der Waals surface area contributed by atoms with Gasteiger partial charge in [-0.1, -0.05) is 0 Å². The molecule has 0 saturated carbocycles. The number of likely N-dealkylation sites (tertiary alicyclic amines) is 2. The molecule has 0 spiro atoms. The number of carbonyl (C=O) groups is 2. The van der Waals surface area contributed by atoms with E-state index in [9.17, 15) is 9.59 Å². The van der Waals surface area contributed by atoms with E-state index in [1.165, 1.54) is 0 Å². The lowest BCUT2D eigenvalue weighted by molar-refractivity contribution is -0.130. The number of piperidine rings is 1. The third-order valence-electron chi connectivity index (χ3n) is 3.69. The van der Waals surface area contributed by atoms with Crippen LogP contribution in [0.25, 0.3) is 0 Å². The van der Waals surface area contributed by atoms with Crippen LogP contribution in [-0.4, -0.2) is 58.3 Å². The zero-order chi connectivity index (χ0) is 14.9. The molecule has 0 N–H and O–H groups in total. The molecule has 2 aliphatic heterocycles. The van der Waals surface area contributed by atoms with E-state index in [0.717, 1.165) is 19.4 Å². The average molecular weight is 300 g/mol. The van der Waals surface area contributed by atoms with Crippen LogP contribution in [0.2, 0.25) is 0 Å². The van der Waals surface area contributed by atoms with E-state index in [0.29, 0.717) is 19.5 Å². The summed E-state index contributed by atoms with van der Waals surface area (Å²) < 4.78 is 5.37. The number of ether oxygens (including phenoxy) is 1. The third kappa shape index (κ3) is 3.81. The Hall–Kier alpha value is -0.910. The Kier molecular flexibility index (Phi) is 4.52. The highest BCUT2D eigenvalue weighted by molar-refractivity contribution is 7.81. The average Bonchev–Trinajstić information content (AvgIpc) is 2.66. The van der Waals surface area contributed by atoms with E-state index in [-0.39, 0.29) is 23.3 Å². The van der Waals surface area contributed by atoms with Crippen molar-refractivity contribution in [2.24, 2.45) is 0 Å². The first-order valence-corrected chi connectivity index (χ1v) is 7.73. The minimum Gasteiger partial charge on any atom is -0.444 e. The van der Waals surface area contributed by atoms with Gasteiger partial charge in [-0.2, -0.15) is 12.6 Å². The maximum Gasteiger partial charge on any atom is 0.410 e. The van der Waals surface area contributed by atoms with Crippen molar-refractivity contribution in [3.63, 3.8) is 0 Å². The van der Waals surface area contributed by atoms with Crippen molar-refractivity contribution in [2.45, 2.75) is 56.9 Å². The van der Waals surface area contributed by atoms with Gasteiger partial charge in [-0.3, -0.25) is 4.79 Å². The Bertz CT molecular complexity index is 386. The van der Waals surface area contributed by atoms with Gasteiger partial charge in [0.25, 0.3) is 0 Å². The molecule has 0 aliphatic carbocycles. The summed E-state index contributed by atoms with van der Waals surface area (Å²) in [5.41, 5.74) is -0.460. The lowest BCUT2D eigenvalue weighted by atomic mass is 10.0. The first kappa shape index (κ1) is 15.5. The quantitative estimate of drug-likeness (QED) is 0.753. The summed E-state index contributed by atoms with van der Waals surface area (Å²) >= 11 is 4.38. The van der Waals surface area contributed by atoms with Crippen LogP contribution in [0.1, 0.15) is 40.0 Å². The van der Waals surface area contributed by atoms with Crippen LogP contribution < -0.4 is 0 Å². The van der Waals surface area contributed by atoms with Crippen molar-refractivity contribution in [3.05, 3.63) is 0 Å². The van der Waals surface area contributed by atoms with Gasteiger partial charge in [-0.15, -0.1) is 0 Å². The van der Waals surface area contributed by atoms with Crippen LogP contribution in [0.15, 0.2) is 0 Å². The molecule has 0 aromatic rings. The highest BCUT2D eigenvalue weighted by atomic mass is 32.1. The summed E-state index contributed by atoms with van der Waals surface area (Å²) in [6, 6.07) is 0.248. The van der Waals surface area contributed by atoms with Gasteiger partial charge >= 0.3 is 6.09 Å². The second-order valence-electron chi connectivity index (χ2n) is 6.60. The number of thiol groups is 1. The lowest BCUT2D eigenvalue weighted by Crippen LogP contribution is -2.48. The number of amides is 2. The van der Waals surface area contributed by atoms with E-state index in [4.69, 9.17) is 4.74 Å². The monoisotopic (exact) mass is 300 g/mol. The molecule has 1 atom stereocenters. The Morgan fingerprint density at radius 3 is 2.35 bits per heavy atom. The summed E-state index contributed by atoms with van der Waals surface area (Å²) in [6.07, 6.45) is 1.93. The molecule has 0 aromatic heterocycles. The van der Waals surface area contributed by atoms with Crippen LogP contribution >= 0.6 is 12.6 Å². The van der Waals surface area contributed by atoms with Gasteiger partial charge in [0.15, 0.2) is 0 Å². The van der Waals surface area contributed by atoms with Gasteiger partial charge < -0.3 is 14.5 Å². The fourth-order valence-electron chi connectivity index (χ4n) is 2.75. The number of nitrogens with zero attached hydrogens (tertiary/aromatic N) is 2. The molecular formula is C14H24N2O3S. The Morgan fingerprint density at radius 2 is 1.90 bits per heavy atom. The molecule has 114 valence electrons. The van der Waals surface area contributed by atoms with Crippen molar-refractivity contribution in [1.29, 1.82) is 0 Å². The van der Waals surface area contributed by atoms with Gasteiger partial charge in [0, 0.05) is 37.3 Å². The molecular weight excluding hydrogens is 276 g/mol. The number of rotatable bonds is 1. The van der Waals surface area contributed by atoms with Crippen LogP contribution in [0.5, 0.6) is 0 Å². The van der Waals surface area contributed by atoms with Crippen molar-refractivity contribution >= 4 is 24.6 Å². The number of hydrogen-bond donors (Lipinski definition) is 1. The zero-order valence-electron chi connectivity index (χ0n) is 12.5. The SMILES string of the molecule is CC(C)(C)OC(=O)N1CCC(N2CC(S)CC2=O)CC1. The van der Waals surface area contributed by atoms with E-state index in [1.807, 2.05) is 25.7 Å². The van der Waals surface area contributed by atoms with Gasteiger partial charge in [0.1, 0.15) is 5.60 Å². The highest BCUT2D eigenvalue weighted by Gasteiger charge is 2.35. The largest absolute Gasteiger partial charge is 0.444 e. The second-order valence-corrected chi connectivity index (χ2v) is 7.33. The fourth-order valence-corrected chi connectivity index (χ4v) is 3.08. The van der Waals surface area contributed by atoms with E-state index in [1.54, 1.807) is 4.90 Å². The number of hydrogen-bond acceptors (Lipinski definition) is 4. The summed E-state index contributed by atoms with van der Waals surface area (Å²) in [7, 11) is 0. The predicted octanol–water partition coefficient (Wildman–Crippen LogP) is 1.92. The molecule has 2 saturated heterocycles. The van der Waals surface area contributed by atoms with Crippen molar-refractivity contribution < 1.29 is 14.3 Å². The van der Waals surface area contributed by atoms with Gasteiger partial charge in [0.05, 0.1) is 0 Å². The standard InChI is InChI=1S/C14H24N2O3S/c1-14(2,3)19-13(18)15-6-4-10(5-7-15)16-9-11(20)8-12(16)17/h10-11,20H,4-9H2,1-3H3. The van der Waals surface area contributed by atoms with Crippen molar-refractivity contribution in [2.75, 3.05) is 19.6 Å². The zero-order valence-corrected chi connectivity index (χ0v) is 13.4. The highest BCUT2D eigenvalue weighted by Crippen LogP contribution is 2.25. The normalized spacial score (nSPS) is 25.2. The first-order chi connectivity index (χ1) is 9.26. The third-order valence-corrected chi connectivity index (χ3v) is 4.04. The van der Waals surface area contributed by atoms with Crippen LogP contribution in [0.4, 0.5) is 4.79 Å². The molecule has 2 amide bonds. The minimum atomic E-state index is -0.460. The molecule has 0 aromatic carbocycles. The van der Waals surface area contributed by atoms with Crippen LogP contribution in [0.3, 0.4) is 0 Å². The minimum absolute atomic E-state index is 0.159. The number of carbonyl (C=O) groups excluding carboxylic acids is 2. The van der Waals surface area contributed by atoms with E-state index >= 15 is 0 Å². The Labute approximate surface area is 126 Å². The molecule has 2 aliphatic rings. The summed E-state index contributed by atoms with van der Waals surface area (Å²) in [5, 5.41) is 0.159. The van der Waals surface area contributed by atoms with E-state index < -0.39 is 5.60 Å². The van der Waals surface area contributed by atoms with Crippen LogP contribution in [0, 0.1) is 0 Å². The smallest absolute Gasteiger partial charge is 0.410 e. The predicted molar refractivity (Wildman–Crippen MR) is 79.9 cm³/mol. The second kappa shape index (κ2) is 5.84. The van der Waals surface area contributed by atoms with E-state index in [2.05, 4.69) is 12.6 Å². The molecule has 20 heavy (non-hydrogen) atoms. The topological polar surface area (TPSA) is 49.9 Å². The first-order valence-electron chi connectivity index (χ1n) is 7.22. The van der Waals surface area contributed by atoms with Gasteiger partial charge in [-0.25, -0.2) is 4.79 Å². The van der Waals surface area contributed by atoms with Crippen molar-refractivity contribution in [1.82, 2.24) is 9.80 Å². The molecule has 2 heterocycles. The van der Waals surface area contributed by atoms with Crippen molar-refractivity contribution in [3.8, 4) is 0 Å². The maximum atomic E-state index is 12.0. The summed E-state index contributed by atoms with van der Waals surface area (Å²) in [4.78, 5) is 27.5. The maximum absolute atomic E-state index is 12.0. The molecule has 2 fully saturated rings. The lowest BCUT2D eigenvalue weighted by Gasteiger charge is -2.37. The van der Waals surface area contributed by atoms with Gasteiger partial charge in [-0.05, 0) is 33.6 Å². The fraction of sp³-hybridized carbons (Fsp3) is 0.857.